The van der Waals surface area contributed by atoms with Crippen molar-refractivity contribution in [3.8, 4) is 6.07 Å². The molecule has 0 bridgehead atoms. The zero-order chi connectivity index (χ0) is 13.7. The minimum atomic E-state index is -0.0250. The zero-order valence-electron chi connectivity index (χ0n) is 11.5. The van der Waals surface area contributed by atoms with Crippen LogP contribution in [0.3, 0.4) is 0 Å². The Morgan fingerprint density at radius 3 is 3.00 bits per heavy atom. The fourth-order valence-electron chi connectivity index (χ4n) is 2.57. The predicted octanol–water partition coefficient (Wildman–Crippen LogP) is 2.50. The number of hydrogen-bond acceptors (Lipinski definition) is 5. The normalized spacial score (nSPS) is 21.6. The van der Waals surface area contributed by atoms with E-state index in [1.54, 1.807) is 12.3 Å². The molecule has 1 aromatic rings. The summed E-state index contributed by atoms with van der Waals surface area (Å²) in [7, 11) is 0. The van der Waals surface area contributed by atoms with E-state index < -0.39 is 0 Å². The van der Waals surface area contributed by atoms with E-state index in [0.29, 0.717) is 17.7 Å². The Labute approximate surface area is 114 Å². The molecule has 0 saturated carbocycles. The molecule has 1 aliphatic heterocycles. The van der Waals surface area contributed by atoms with Gasteiger partial charge in [0.15, 0.2) is 0 Å². The highest BCUT2D eigenvalue weighted by atomic mass is 16.5. The van der Waals surface area contributed by atoms with Gasteiger partial charge in [0, 0.05) is 18.8 Å². The molecule has 2 heterocycles. The third kappa shape index (κ3) is 3.21. The van der Waals surface area contributed by atoms with Crippen LogP contribution in [0.2, 0.25) is 0 Å². The van der Waals surface area contributed by atoms with Crippen LogP contribution in [0, 0.1) is 11.3 Å². The molecular weight excluding hydrogens is 240 g/mol. The molecule has 1 aromatic heterocycles. The van der Waals surface area contributed by atoms with Crippen LogP contribution >= 0.6 is 0 Å². The summed E-state index contributed by atoms with van der Waals surface area (Å²) in [6.45, 7) is 5.09. The summed E-state index contributed by atoms with van der Waals surface area (Å²) in [6.07, 6.45) is 5.55. The second kappa shape index (κ2) is 5.98. The van der Waals surface area contributed by atoms with Gasteiger partial charge in [0.25, 0.3) is 0 Å². The molecule has 1 atom stereocenters. The van der Waals surface area contributed by atoms with Crippen LogP contribution < -0.4 is 5.32 Å². The molecule has 1 fully saturated rings. The van der Waals surface area contributed by atoms with Gasteiger partial charge in [0.2, 0.25) is 5.95 Å². The highest BCUT2D eigenvalue weighted by Gasteiger charge is 2.34. The van der Waals surface area contributed by atoms with Crippen LogP contribution in [-0.4, -0.2) is 28.2 Å². The van der Waals surface area contributed by atoms with E-state index >= 15 is 0 Å². The maximum Gasteiger partial charge on any atom is 0.224 e. The molecule has 1 aliphatic rings. The molecule has 0 spiro atoms. The van der Waals surface area contributed by atoms with Crippen molar-refractivity contribution in [2.75, 3.05) is 11.9 Å². The molecular formula is C14H20N4O. The minimum absolute atomic E-state index is 0.0250. The van der Waals surface area contributed by atoms with Crippen LogP contribution in [0.15, 0.2) is 12.3 Å². The van der Waals surface area contributed by atoms with Crippen molar-refractivity contribution in [3.63, 3.8) is 0 Å². The number of rotatable bonds is 4. The maximum atomic E-state index is 8.84. The second-order valence-corrected chi connectivity index (χ2v) is 4.95. The number of nitriles is 1. The SMILES string of the molecule is CCC1(CC)CC(Nc2nccc(C#N)n2)CCO1. The Hall–Kier alpha value is -1.67. The molecule has 0 aromatic carbocycles. The number of hydrogen-bond donors (Lipinski definition) is 1. The number of anilines is 1. The van der Waals surface area contributed by atoms with Gasteiger partial charge in [-0.05, 0) is 31.7 Å². The molecule has 2 rings (SSSR count). The molecule has 102 valence electrons. The van der Waals surface area contributed by atoms with Crippen LogP contribution in [0.5, 0.6) is 0 Å². The van der Waals surface area contributed by atoms with Gasteiger partial charge in [-0.15, -0.1) is 0 Å². The van der Waals surface area contributed by atoms with Crippen LogP contribution in [0.25, 0.3) is 0 Å². The number of nitrogens with zero attached hydrogens (tertiary/aromatic N) is 3. The smallest absolute Gasteiger partial charge is 0.224 e. The van der Waals surface area contributed by atoms with E-state index in [-0.39, 0.29) is 5.60 Å². The molecule has 1 unspecified atom stereocenters. The van der Waals surface area contributed by atoms with Gasteiger partial charge in [-0.1, -0.05) is 13.8 Å². The Bertz CT molecular complexity index is 465. The fraction of sp³-hybridized carbons (Fsp3) is 0.643. The van der Waals surface area contributed by atoms with Gasteiger partial charge in [-0.25, -0.2) is 9.97 Å². The third-order valence-electron chi connectivity index (χ3n) is 3.88. The molecule has 1 N–H and O–H groups in total. The second-order valence-electron chi connectivity index (χ2n) is 4.95. The molecule has 0 amide bonds. The Morgan fingerprint density at radius 1 is 1.53 bits per heavy atom. The molecule has 5 heteroatoms. The Kier molecular flexibility index (Phi) is 4.33. The van der Waals surface area contributed by atoms with Crippen molar-refractivity contribution in [3.05, 3.63) is 18.0 Å². The molecule has 0 aliphatic carbocycles. The van der Waals surface area contributed by atoms with Gasteiger partial charge >= 0.3 is 0 Å². The molecule has 1 saturated heterocycles. The summed E-state index contributed by atoms with van der Waals surface area (Å²) >= 11 is 0. The number of nitrogens with one attached hydrogen (secondary N) is 1. The summed E-state index contributed by atoms with van der Waals surface area (Å²) in [4.78, 5) is 8.33. The van der Waals surface area contributed by atoms with E-state index in [0.717, 1.165) is 32.3 Å². The van der Waals surface area contributed by atoms with Gasteiger partial charge < -0.3 is 10.1 Å². The topological polar surface area (TPSA) is 70.8 Å². The average molecular weight is 260 g/mol. The van der Waals surface area contributed by atoms with Gasteiger partial charge in [0.05, 0.1) is 5.60 Å². The van der Waals surface area contributed by atoms with Crippen molar-refractivity contribution in [2.24, 2.45) is 0 Å². The predicted molar refractivity (Wildman–Crippen MR) is 72.7 cm³/mol. The van der Waals surface area contributed by atoms with Crippen LogP contribution in [0.4, 0.5) is 5.95 Å². The van der Waals surface area contributed by atoms with E-state index in [4.69, 9.17) is 10.00 Å². The first-order chi connectivity index (χ1) is 9.21. The maximum absolute atomic E-state index is 8.84. The highest BCUT2D eigenvalue weighted by molar-refractivity contribution is 5.31. The van der Waals surface area contributed by atoms with Crippen molar-refractivity contribution >= 4 is 5.95 Å². The minimum Gasteiger partial charge on any atom is -0.375 e. The largest absolute Gasteiger partial charge is 0.375 e. The first-order valence-electron chi connectivity index (χ1n) is 6.85. The van der Waals surface area contributed by atoms with E-state index in [1.165, 1.54) is 0 Å². The fourth-order valence-corrected chi connectivity index (χ4v) is 2.57. The van der Waals surface area contributed by atoms with Gasteiger partial charge in [-0.3, -0.25) is 0 Å². The average Bonchev–Trinajstić information content (AvgIpc) is 2.47. The summed E-state index contributed by atoms with van der Waals surface area (Å²) in [5.74, 6) is 0.534. The highest BCUT2D eigenvalue weighted by Crippen LogP contribution is 2.32. The van der Waals surface area contributed by atoms with Gasteiger partial charge in [-0.2, -0.15) is 5.26 Å². The van der Waals surface area contributed by atoms with Crippen molar-refractivity contribution in [1.29, 1.82) is 5.26 Å². The summed E-state index contributed by atoms with van der Waals surface area (Å²) in [5.41, 5.74) is 0.366. The van der Waals surface area contributed by atoms with E-state index in [1.807, 2.05) is 6.07 Å². The lowest BCUT2D eigenvalue weighted by Gasteiger charge is -2.40. The summed E-state index contributed by atoms with van der Waals surface area (Å²) in [6, 6.07) is 3.94. The van der Waals surface area contributed by atoms with E-state index in [9.17, 15) is 0 Å². The Morgan fingerprint density at radius 2 is 2.32 bits per heavy atom. The molecule has 19 heavy (non-hydrogen) atoms. The summed E-state index contributed by atoms with van der Waals surface area (Å²) in [5, 5.41) is 12.2. The van der Waals surface area contributed by atoms with Crippen LogP contribution in [-0.2, 0) is 4.74 Å². The van der Waals surface area contributed by atoms with Crippen LogP contribution in [0.1, 0.15) is 45.2 Å². The summed E-state index contributed by atoms with van der Waals surface area (Å²) < 4.78 is 5.94. The Balaban J connectivity index is 2.04. The van der Waals surface area contributed by atoms with Crippen molar-refractivity contribution < 1.29 is 4.74 Å². The third-order valence-corrected chi connectivity index (χ3v) is 3.88. The quantitative estimate of drug-likeness (QED) is 0.900. The van der Waals surface area contributed by atoms with E-state index in [2.05, 4.69) is 29.1 Å². The lowest BCUT2D eigenvalue weighted by molar-refractivity contribution is -0.0865. The lowest BCUT2D eigenvalue weighted by Crippen LogP contribution is -2.43. The van der Waals surface area contributed by atoms with Crippen molar-refractivity contribution in [1.82, 2.24) is 9.97 Å². The number of aromatic nitrogens is 2. The van der Waals surface area contributed by atoms with Gasteiger partial charge in [0.1, 0.15) is 11.8 Å². The monoisotopic (exact) mass is 260 g/mol. The first-order valence-corrected chi connectivity index (χ1v) is 6.85. The first kappa shape index (κ1) is 13.8. The standard InChI is InChI=1S/C14H20N4O/c1-3-14(4-2)9-11(6-8-19-14)17-13-16-7-5-12(10-15)18-13/h5,7,11H,3-4,6,8-9H2,1-2H3,(H,16,17,18). The zero-order valence-corrected chi connectivity index (χ0v) is 11.5. The number of ether oxygens (including phenoxy) is 1. The lowest BCUT2D eigenvalue weighted by atomic mass is 9.86. The molecule has 0 radical (unpaired) electrons. The molecule has 5 nitrogen and oxygen atoms in total. The van der Waals surface area contributed by atoms with Crippen molar-refractivity contribution in [2.45, 2.75) is 51.2 Å².